The fourth-order valence-electron chi connectivity index (χ4n) is 1.58. The van der Waals surface area contributed by atoms with Crippen LogP contribution in [0.4, 0.5) is 0 Å². The monoisotopic (exact) mass is 276 g/mol. The maximum absolute atomic E-state index is 4.16. The summed E-state index contributed by atoms with van der Waals surface area (Å²) >= 11 is 1.64. The molecule has 0 aliphatic carbocycles. The molecular formula is C14H20N4S. The van der Waals surface area contributed by atoms with Crippen molar-refractivity contribution >= 4 is 11.8 Å². The molecule has 0 saturated carbocycles. The molecule has 0 aliphatic heterocycles. The second-order valence-electron chi connectivity index (χ2n) is 4.87. The van der Waals surface area contributed by atoms with Crippen molar-refractivity contribution in [2.75, 3.05) is 0 Å². The van der Waals surface area contributed by atoms with Gasteiger partial charge in [0.25, 0.3) is 0 Å². The van der Waals surface area contributed by atoms with E-state index in [1.807, 2.05) is 18.5 Å². The lowest BCUT2D eigenvalue weighted by atomic mass is 10.2. The Hall–Kier alpha value is -1.33. The van der Waals surface area contributed by atoms with Crippen molar-refractivity contribution in [3.05, 3.63) is 35.7 Å². The average Bonchev–Trinajstić information content (AvgIpc) is 2.70. The predicted octanol–water partition coefficient (Wildman–Crippen LogP) is 2.77. The van der Waals surface area contributed by atoms with Gasteiger partial charge in [-0.05, 0) is 36.4 Å². The molecule has 0 aliphatic rings. The highest BCUT2D eigenvalue weighted by Gasteiger charge is 2.06. The number of benzene rings is 1. The number of hydrogen-bond donors (Lipinski definition) is 1. The maximum atomic E-state index is 4.16. The highest BCUT2D eigenvalue weighted by atomic mass is 32.2. The van der Waals surface area contributed by atoms with Gasteiger partial charge in [-0.3, -0.25) is 0 Å². The largest absolute Gasteiger partial charge is 0.310 e. The van der Waals surface area contributed by atoms with Gasteiger partial charge in [-0.2, -0.15) is 0 Å². The van der Waals surface area contributed by atoms with Crippen molar-refractivity contribution in [2.24, 2.45) is 7.05 Å². The first-order valence-corrected chi connectivity index (χ1v) is 7.24. The first-order valence-electron chi connectivity index (χ1n) is 6.42. The van der Waals surface area contributed by atoms with Crippen molar-refractivity contribution in [2.45, 2.75) is 43.4 Å². The molecule has 2 aromatic rings. The van der Waals surface area contributed by atoms with E-state index < -0.39 is 0 Å². The van der Waals surface area contributed by atoms with Gasteiger partial charge in [-0.1, -0.05) is 26.0 Å². The molecule has 1 aromatic carbocycles. The lowest BCUT2D eigenvalue weighted by molar-refractivity contribution is 0.588. The minimum Gasteiger partial charge on any atom is -0.310 e. The van der Waals surface area contributed by atoms with Crippen molar-refractivity contribution in [1.29, 1.82) is 0 Å². The summed E-state index contributed by atoms with van der Waals surface area (Å²) in [5.74, 6) is 0.931. The molecule has 1 aromatic heterocycles. The van der Waals surface area contributed by atoms with Gasteiger partial charge in [0, 0.05) is 24.5 Å². The number of hydrogen-bond acceptors (Lipinski definition) is 4. The van der Waals surface area contributed by atoms with Crippen molar-refractivity contribution in [3.8, 4) is 0 Å². The fraction of sp³-hybridized carbons (Fsp3) is 0.429. The Labute approximate surface area is 118 Å². The third kappa shape index (κ3) is 3.81. The predicted molar refractivity (Wildman–Crippen MR) is 78.3 cm³/mol. The molecular weight excluding hydrogens is 256 g/mol. The van der Waals surface area contributed by atoms with E-state index in [4.69, 9.17) is 0 Å². The average molecular weight is 276 g/mol. The SMILES string of the molecule is Cc1nnc(Sc2ccc(CNC(C)C)cc2)n1C. The normalized spacial score (nSPS) is 11.2. The Balaban J connectivity index is 2.00. The molecule has 0 spiro atoms. The molecule has 2 rings (SSSR count). The number of aromatic nitrogens is 3. The lowest BCUT2D eigenvalue weighted by Crippen LogP contribution is -2.21. The second-order valence-corrected chi connectivity index (χ2v) is 5.91. The Kier molecular flexibility index (Phi) is 4.61. The van der Waals surface area contributed by atoms with Crippen LogP contribution in [0.25, 0.3) is 0 Å². The molecule has 0 atom stereocenters. The van der Waals surface area contributed by atoms with Crippen LogP contribution in [0, 0.1) is 6.92 Å². The van der Waals surface area contributed by atoms with Crippen LogP contribution in [0.1, 0.15) is 25.2 Å². The molecule has 0 fully saturated rings. The molecule has 4 nitrogen and oxygen atoms in total. The first-order chi connectivity index (χ1) is 9.06. The number of aryl methyl sites for hydroxylation is 1. The van der Waals surface area contributed by atoms with Gasteiger partial charge in [-0.25, -0.2) is 0 Å². The van der Waals surface area contributed by atoms with Crippen molar-refractivity contribution in [3.63, 3.8) is 0 Å². The summed E-state index contributed by atoms with van der Waals surface area (Å²) in [5, 5.41) is 12.5. The zero-order chi connectivity index (χ0) is 13.8. The highest BCUT2D eigenvalue weighted by molar-refractivity contribution is 7.99. The molecule has 1 N–H and O–H groups in total. The Bertz CT molecular complexity index is 531. The molecule has 102 valence electrons. The molecule has 0 radical (unpaired) electrons. The van der Waals surface area contributed by atoms with E-state index >= 15 is 0 Å². The van der Waals surface area contributed by atoms with E-state index in [9.17, 15) is 0 Å². The van der Waals surface area contributed by atoms with Crippen LogP contribution < -0.4 is 5.32 Å². The van der Waals surface area contributed by atoms with Gasteiger partial charge in [0.2, 0.25) is 0 Å². The number of nitrogens with one attached hydrogen (secondary N) is 1. The van der Waals surface area contributed by atoms with Crippen LogP contribution in [0.2, 0.25) is 0 Å². The van der Waals surface area contributed by atoms with E-state index in [1.54, 1.807) is 11.8 Å². The fourth-order valence-corrected chi connectivity index (χ4v) is 2.41. The molecule has 0 amide bonds. The third-order valence-corrected chi connectivity index (χ3v) is 3.95. The van der Waals surface area contributed by atoms with Crippen molar-refractivity contribution in [1.82, 2.24) is 20.1 Å². The van der Waals surface area contributed by atoms with Crippen LogP contribution in [-0.4, -0.2) is 20.8 Å². The van der Waals surface area contributed by atoms with Gasteiger partial charge in [-0.15, -0.1) is 10.2 Å². The van der Waals surface area contributed by atoms with Gasteiger partial charge in [0.1, 0.15) is 5.82 Å². The minimum atomic E-state index is 0.510. The minimum absolute atomic E-state index is 0.510. The van der Waals surface area contributed by atoms with Gasteiger partial charge < -0.3 is 9.88 Å². The molecule has 0 bridgehead atoms. The maximum Gasteiger partial charge on any atom is 0.195 e. The van der Waals surface area contributed by atoms with E-state index in [-0.39, 0.29) is 0 Å². The highest BCUT2D eigenvalue weighted by Crippen LogP contribution is 2.26. The van der Waals surface area contributed by atoms with Crippen LogP contribution in [0.3, 0.4) is 0 Å². The summed E-state index contributed by atoms with van der Waals surface area (Å²) in [6.07, 6.45) is 0. The molecule has 0 unspecified atom stereocenters. The van der Waals surface area contributed by atoms with Gasteiger partial charge >= 0.3 is 0 Å². The van der Waals surface area contributed by atoms with E-state index in [2.05, 4.69) is 53.6 Å². The summed E-state index contributed by atoms with van der Waals surface area (Å²) in [6.45, 7) is 7.17. The van der Waals surface area contributed by atoms with Crippen LogP contribution in [0.15, 0.2) is 34.3 Å². The Morgan fingerprint density at radius 2 is 1.89 bits per heavy atom. The topological polar surface area (TPSA) is 42.7 Å². The lowest BCUT2D eigenvalue weighted by Gasteiger charge is -2.08. The molecule has 5 heteroatoms. The summed E-state index contributed by atoms with van der Waals surface area (Å²) in [6, 6.07) is 9.08. The van der Waals surface area contributed by atoms with Gasteiger partial charge in [0.15, 0.2) is 5.16 Å². The summed E-state index contributed by atoms with van der Waals surface area (Å²) in [5.41, 5.74) is 1.30. The summed E-state index contributed by atoms with van der Waals surface area (Å²) < 4.78 is 2.00. The third-order valence-electron chi connectivity index (χ3n) is 2.90. The zero-order valence-corrected chi connectivity index (χ0v) is 12.7. The van der Waals surface area contributed by atoms with Gasteiger partial charge in [0.05, 0.1) is 0 Å². The molecule has 19 heavy (non-hydrogen) atoms. The zero-order valence-electron chi connectivity index (χ0n) is 11.8. The summed E-state index contributed by atoms with van der Waals surface area (Å²) in [4.78, 5) is 1.18. The molecule has 0 saturated heterocycles. The smallest absolute Gasteiger partial charge is 0.195 e. The second kappa shape index (κ2) is 6.21. The van der Waals surface area contributed by atoms with Crippen LogP contribution in [0.5, 0.6) is 0 Å². The quantitative estimate of drug-likeness (QED) is 0.912. The van der Waals surface area contributed by atoms with E-state index in [0.29, 0.717) is 6.04 Å². The Morgan fingerprint density at radius 1 is 1.21 bits per heavy atom. The van der Waals surface area contributed by atoms with Crippen molar-refractivity contribution < 1.29 is 0 Å². The molecule has 1 heterocycles. The Morgan fingerprint density at radius 3 is 2.42 bits per heavy atom. The number of nitrogens with zero attached hydrogens (tertiary/aromatic N) is 3. The summed E-state index contributed by atoms with van der Waals surface area (Å²) in [7, 11) is 1.98. The van der Waals surface area contributed by atoms with Crippen LogP contribution in [-0.2, 0) is 13.6 Å². The van der Waals surface area contributed by atoms with Crippen LogP contribution >= 0.6 is 11.8 Å². The first kappa shape index (κ1) is 14.1. The standard InChI is InChI=1S/C14H20N4S/c1-10(2)15-9-12-5-7-13(8-6-12)19-14-17-16-11(3)18(14)4/h5-8,10,15H,9H2,1-4H3. The van der Waals surface area contributed by atoms with E-state index in [1.165, 1.54) is 10.5 Å². The van der Waals surface area contributed by atoms with E-state index in [0.717, 1.165) is 17.5 Å². The number of rotatable bonds is 5.